The Hall–Kier alpha value is -0.470. The lowest BCUT2D eigenvalue weighted by Crippen LogP contribution is -2.06. The lowest BCUT2D eigenvalue weighted by atomic mass is 10.2. The van der Waals surface area contributed by atoms with Crippen molar-refractivity contribution in [3.05, 3.63) is 29.3 Å². The SMILES string of the molecule is CCC(CO)Sc1cc(C)ccc1C. The second-order valence-electron chi connectivity index (χ2n) is 3.60. The van der Waals surface area contributed by atoms with E-state index < -0.39 is 0 Å². The zero-order valence-electron chi connectivity index (χ0n) is 9.08. The van der Waals surface area contributed by atoms with Crippen molar-refractivity contribution in [1.82, 2.24) is 0 Å². The van der Waals surface area contributed by atoms with Gasteiger partial charge in [-0.1, -0.05) is 24.6 Å². The van der Waals surface area contributed by atoms with Crippen molar-refractivity contribution in [1.29, 1.82) is 0 Å². The molecule has 0 fully saturated rings. The third-order valence-electron chi connectivity index (χ3n) is 2.30. The van der Waals surface area contributed by atoms with Crippen molar-refractivity contribution in [3.63, 3.8) is 0 Å². The first-order valence-electron chi connectivity index (χ1n) is 5.02. The molecule has 0 radical (unpaired) electrons. The number of aliphatic hydroxyl groups is 1. The number of aliphatic hydroxyl groups excluding tert-OH is 1. The molecule has 0 aliphatic heterocycles. The van der Waals surface area contributed by atoms with Gasteiger partial charge in [0.25, 0.3) is 0 Å². The maximum absolute atomic E-state index is 9.13. The van der Waals surface area contributed by atoms with Crippen molar-refractivity contribution < 1.29 is 5.11 Å². The molecule has 1 nitrogen and oxygen atoms in total. The fourth-order valence-corrected chi connectivity index (χ4v) is 2.37. The predicted octanol–water partition coefficient (Wildman–Crippen LogP) is 3.17. The molecular weight excluding hydrogens is 192 g/mol. The third kappa shape index (κ3) is 3.03. The Morgan fingerprint density at radius 1 is 1.36 bits per heavy atom. The zero-order chi connectivity index (χ0) is 10.6. The zero-order valence-corrected chi connectivity index (χ0v) is 9.90. The normalized spacial score (nSPS) is 12.9. The Bertz CT molecular complexity index is 292. The van der Waals surface area contributed by atoms with E-state index in [0.29, 0.717) is 5.25 Å². The maximum Gasteiger partial charge on any atom is 0.0553 e. The molecule has 1 N–H and O–H groups in total. The van der Waals surface area contributed by atoms with E-state index in [-0.39, 0.29) is 6.61 Å². The van der Waals surface area contributed by atoms with Crippen molar-refractivity contribution >= 4 is 11.8 Å². The summed E-state index contributed by atoms with van der Waals surface area (Å²) in [4.78, 5) is 1.30. The van der Waals surface area contributed by atoms with Gasteiger partial charge in [-0.2, -0.15) is 0 Å². The third-order valence-corrected chi connectivity index (χ3v) is 3.81. The standard InChI is InChI=1S/C12H18OS/c1-4-11(8-13)14-12-7-9(2)5-6-10(12)3/h5-7,11,13H,4,8H2,1-3H3. The smallest absolute Gasteiger partial charge is 0.0553 e. The second-order valence-corrected chi connectivity index (χ2v) is 4.94. The van der Waals surface area contributed by atoms with Crippen LogP contribution in [0.15, 0.2) is 23.1 Å². The summed E-state index contributed by atoms with van der Waals surface area (Å²) in [7, 11) is 0. The van der Waals surface area contributed by atoms with E-state index in [1.54, 1.807) is 11.8 Å². The quantitative estimate of drug-likeness (QED) is 0.770. The Morgan fingerprint density at radius 2 is 2.07 bits per heavy atom. The highest BCUT2D eigenvalue weighted by Gasteiger charge is 2.08. The molecule has 0 spiro atoms. The van der Waals surface area contributed by atoms with E-state index in [1.807, 2.05) is 0 Å². The fraction of sp³-hybridized carbons (Fsp3) is 0.500. The number of hydrogen-bond donors (Lipinski definition) is 1. The highest BCUT2D eigenvalue weighted by atomic mass is 32.2. The molecule has 2 heteroatoms. The highest BCUT2D eigenvalue weighted by molar-refractivity contribution is 8.00. The minimum atomic E-state index is 0.258. The first kappa shape index (κ1) is 11.6. The Kier molecular flexibility index (Phi) is 4.49. The number of benzene rings is 1. The molecule has 78 valence electrons. The topological polar surface area (TPSA) is 20.2 Å². The molecule has 1 atom stereocenters. The molecule has 0 bridgehead atoms. The average molecular weight is 210 g/mol. The molecule has 0 amide bonds. The molecule has 1 unspecified atom stereocenters. The van der Waals surface area contributed by atoms with E-state index in [2.05, 4.69) is 39.0 Å². The molecule has 0 heterocycles. The van der Waals surface area contributed by atoms with Crippen LogP contribution in [0.2, 0.25) is 0 Å². The van der Waals surface area contributed by atoms with Gasteiger partial charge in [0, 0.05) is 10.1 Å². The Morgan fingerprint density at radius 3 is 2.64 bits per heavy atom. The number of thioether (sulfide) groups is 1. The minimum absolute atomic E-state index is 0.258. The van der Waals surface area contributed by atoms with Gasteiger partial charge in [-0.3, -0.25) is 0 Å². The second kappa shape index (κ2) is 5.42. The summed E-state index contributed by atoms with van der Waals surface area (Å²) in [5, 5.41) is 9.46. The van der Waals surface area contributed by atoms with Crippen LogP contribution in [-0.4, -0.2) is 17.0 Å². The van der Waals surface area contributed by atoms with Crippen molar-refractivity contribution in [2.45, 2.75) is 37.3 Å². The van der Waals surface area contributed by atoms with E-state index in [4.69, 9.17) is 5.11 Å². The molecular formula is C12H18OS. The first-order valence-corrected chi connectivity index (χ1v) is 5.90. The molecule has 14 heavy (non-hydrogen) atoms. The van der Waals surface area contributed by atoms with Crippen LogP contribution in [0.1, 0.15) is 24.5 Å². The summed E-state index contributed by atoms with van der Waals surface area (Å²) in [6, 6.07) is 6.46. The van der Waals surface area contributed by atoms with Crippen molar-refractivity contribution in [2.75, 3.05) is 6.61 Å². The molecule has 1 rings (SSSR count). The first-order chi connectivity index (χ1) is 6.67. The van der Waals surface area contributed by atoms with Gasteiger partial charge < -0.3 is 5.11 Å². The van der Waals surface area contributed by atoms with Gasteiger partial charge in [-0.25, -0.2) is 0 Å². The van der Waals surface area contributed by atoms with Crippen LogP contribution in [0.3, 0.4) is 0 Å². The van der Waals surface area contributed by atoms with E-state index in [9.17, 15) is 0 Å². The number of rotatable bonds is 4. The summed E-state index contributed by atoms with van der Waals surface area (Å²) in [5.74, 6) is 0. The van der Waals surface area contributed by atoms with Crippen LogP contribution < -0.4 is 0 Å². The van der Waals surface area contributed by atoms with Gasteiger partial charge >= 0.3 is 0 Å². The fourth-order valence-electron chi connectivity index (χ4n) is 1.26. The van der Waals surface area contributed by atoms with Crippen LogP contribution in [0.4, 0.5) is 0 Å². The highest BCUT2D eigenvalue weighted by Crippen LogP contribution is 2.28. The van der Waals surface area contributed by atoms with Gasteiger partial charge in [-0.15, -0.1) is 11.8 Å². The van der Waals surface area contributed by atoms with Crippen LogP contribution in [0.25, 0.3) is 0 Å². The average Bonchev–Trinajstić information content (AvgIpc) is 2.19. The monoisotopic (exact) mass is 210 g/mol. The van der Waals surface area contributed by atoms with Crippen molar-refractivity contribution in [3.8, 4) is 0 Å². The van der Waals surface area contributed by atoms with E-state index in [1.165, 1.54) is 16.0 Å². The van der Waals surface area contributed by atoms with E-state index >= 15 is 0 Å². The largest absolute Gasteiger partial charge is 0.395 e. The van der Waals surface area contributed by atoms with Crippen LogP contribution in [0.5, 0.6) is 0 Å². The van der Waals surface area contributed by atoms with Gasteiger partial charge in [0.05, 0.1) is 6.61 Å². The Labute approximate surface area is 90.5 Å². The van der Waals surface area contributed by atoms with Crippen LogP contribution in [-0.2, 0) is 0 Å². The van der Waals surface area contributed by atoms with Crippen LogP contribution >= 0.6 is 11.8 Å². The van der Waals surface area contributed by atoms with Crippen molar-refractivity contribution in [2.24, 2.45) is 0 Å². The lowest BCUT2D eigenvalue weighted by molar-refractivity contribution is 0.292. The van der Waals surface area contributed by atoms with Gasteiger partial charge in [0.1, 0.15) is 0 Å². The van der Waals surface area contributed by atoms with Gasteiger partial charge in [0.15, 0.2) is 0 Å². The summed E-state index contributed by atoms with van der Waals surface area (Å²) < 4.78 is 0. The molecule has 0 aliphatic carbocycles. The van der Waals surface area contributed by atoms with Crippen LogP contribution in [0, 0.1) is 13.8 Å². The maximum atomic E-state index is 9.13. The van der Waals surface area contributed by atoms with Gasteiger partial charge in [0.2, 0.25) is 0 Å². The summed E-state index contributed by atoms with van der Waals surface area (Å²) in [5.41, 5.74) is 2.58. The molecule has 0 aromatic heterocycles. The lowest BCUT2D eigenvalue weighted by Gasteiger charge is -2.13. The minimum Gasteiger partial charge on any atom is -0.395 e. The molecule has 1 aromatic rings. The Balaban J connectivity index is 2.79. The molecule has 0 saturated heterocycles. The number of hydrogen-bond acceptors (Lipinski definition) is 2. The molecule has 1 aromatic carbocycles. The molecule has 0 saturated carbocycles. The number of aryl methyl sites for hydroxylation is 2. The summed E-state index contributed by atoms with van der Waals surface area (Å²) >= 11 is 1.78. The summed E-state index contributed by atoms with van der Waals surface area (Å²) in [6.07, 6.45) is 1.01. The van der Waals surface area contributed by atoms with E-state index in [0.717, 1.165) is 6.42 Å². The molecule has 0 aliphatic rings. The predicted molar refractivity (Wildman–Crippen MR) is 62.9 cm³/mol. The summed E-state index contributed by atoms with van der Waals surface area (Å²) in [6.45, 7) is 6.59. The van der Waals surface area contributed by atoms with Gasteiger partial charge in [-0.05, 0) is 31.9 Å².